The van der Waals surface area contributed by atoms with E-state index in [1.807, 2.05) is 0 Å². The summed E-state index contributed by atoms with van der Waals surface area (Å²) in [5.41, 5.74) is 2.77. The van der Waals surface area contributed by atoms with Crippen molar-refractivity contribution in [1.82, 2.24) is 0 Å². The summed E-state index contributed by atoms with van der Waals surface area (Å²) < 4.78 is 11.1. The highest BCUT2D eigenvalue weighted by Crippen LogP contribution is 2.67. The van der Waals surface area contributed by atoms with Gasteiger partial charge in [0.05, 0.1) is 5.56 Å². The predicted molar refractivity (Wildman–Crippen MR) is 165 cm³/mol. The van der Waals surface area contributed by atoms with Gasteiger partial charge in [0, 0.05) is 12.5 Å². The molecular formula is C37H52O4. The Morgan fingerprint density at radius 2 is 1.76 bits per heavy atom. The van der Waals surface area contributed by atoms with Crippen molar-refractivity contribution in [3.8, 4) is 5.75 Å². The summed E-state index contributed by atoms with van der Waals surface area (Å²) >= 11 is 0. The third-order valence-corrected chi connectivity index (χ3v) is 12.0. The molecule has 0 amide bonds. The van der Waals surface area contributed by atoms with Crippen molar-refractivity contribution >= 4 is 11.9 Å². The first-order chi connectivity index (χ1) is 19.5. The van der Waals surface area contributed by atoms with Gasteiger partial charge < -0.3 is 9.47 Å². The third-order valence-electron chi connectivity index (χ3n) is 12.0. The van der Waals surface area contributed by atoms with Gasteiger partial charge in [0.15, 0.2) is 0 Å². The molecule has 0 heterocycles. The van der Waals surface area contributed by atoms with E-state index in [9.17, 15) is 9.59 Å². The van der Waals surface area contributed by atoms with Crippen LogP contribution < -0.4 is 4.74 Å². The first-order valence-corrected chi connectivity index (χ1v) is 16.4. The van der Waals surface area contributed by atoms with Crippen LogP contribution in [-0.2, 0) is 9.53 Å². The second kappa shape index (κ2) is 12.1. The van der Waals surface area contributed by atoms with Crippen LogP contribution in [0.2, 0.25) is 0 Å². The largest absolute Gasteiger partial charge is 0.458 e. The average molecular weight is 561 g/mol. The van der Waals surface area contributed by atoms with Crippen molar-refractivity contribution in [3.05, 3.63) is 54.1 Å². The van der Waals surface area contributed by atoms with Crippen molar-refractivity contribution in [3.63, 3.8) is 0 Å². The number of benzene rings is 1. The summed E-state index contributed by atoms with van der Waals surface area (Å²) in [5, 5.41) is 0. The van der Waals surface area contributed by atoms with Gasteiger partial charge in [-0.15, -0.1) is 0 Å². The highest BCUT2D eigenvalue weighted by atomic mass is 16.5. The number of carbonyl (C=O) groups excluding carboxylic acids is 2. The molecule has 4 aliphatic carbocycles. The van der Waals surface area contributed by atoms with Crippen molar-refractivity contribution in [2.24, 2.45) is 46.3 Å². The lowest BCUT2D eigenvalue weighted by Crippen LogP contribution is -2.51. The topological polar surface area (TPSA) is 52.6 Å². The molecule has 0 unspecified atom stereocenters. The van der Waals surface area contributed by atoms with Crippen LogP contribution in [0.3, 0.4) is 0 Å². The molecule has 3 fully saturated rings. The van der Waals surface area contributed by atoms with Gasteiger partial charge in [0.1, 0.15) is 11.9 Å². The fourth-order valence-corrected chi connectivity index (χ4v) is 9.79. The van der Waals surface area contributed by atoms with Crippen molar-refractivity contribution < 1.29 is 19.1 Å². The van der Waals surface area contributed by atoms with E-state index in [1.54, 1.807) is 24.3 Å². The van der Waals surface area contributed by atoms with Gasteiger partial charge in [0.2, 0.25) is 0 Å². The summed E-state index contributed by atoms with van der Waals surface area (Å²) in [4.78, 5) is 24.4. The molecule has 0 aliphatic heterocycles. The first-order valence-electron chi connectivity index (χ1n) is 16.4. The van der Waals surface area contributed by atoms with Gasteiger partial charge in [-0.1, -0.05) is 72.1 Å². The van der Waals surface area contributed by atoms with E-state index in [2.05, 4.69) is 47.3 Å². The maximum Gasteiger partial charge on any atom is 0.338 e. The molecule has 0 spiro atoms. The molecule has 4 aliphatic rings. The molecule has 224 valence electrons. The highest BCUT2D eigenvalue weighted by Gasteiger charge is 2.59. The summed E-state index contributed by atoms with van der Waals surface area (Å²) in [7, 11) is 0. The summed E-state index contributed by atoms with van der Waals surface area (Å²) in [5.74, 6) is 4.54. The first kappa shape index (κ1) is 30.1. The summed E-state index contributed by atoms with van der Waals surface area (Å²) in [6.45, 7) is 15.9. The Labute approximate surface area is 248 Å². The third kappa shape index (κ3) is 5.95. The van der Waals surface area contributed by atoms with E-state index < -0.39 is 5.97 Å². The number of allylic oxidation sites excluding steroid dienone is 1. The SMILES string of the molecule is C=CC(=O)Oc1ccc(C(=O)O[C@H]2CC[C@@]3(C)C(=CC[C@H]4[C@@H]5CC[C@H]([C@H](C)CCCC(C)C)[C@@]5(C)CC[C@@H]43)C2)cc1. The van der Waals surface area contributed by atoms with Gasteiger partial charge in [-0.05, 0) is 116 Å². The number of esters is 2. The van der Waals surface area contributed by atoms with Crippen molar-refractivity contribution in [2.45, 2.75) is 111 Å². The fraction of sp³-hybridized carbons (Fsp3) is 0.676. The van der Waals surface area contributed by atoms with E-state index >= 15 is 0 Å². The lowest BCUT2D eigenvalue weighted by molar-refractivity contribution is -0.128. The smallest absolute Gasteiger partial charge is 0.338 e. The van der Waals surface area contributed by atoms with Gasteiger partial charge in [0.25, 0.3) is 0 Å². The number of fused-ring (bicyclic) bond motifs is 5. The Kier molecular flexibility index (Phi) is 8.88. The predicted octanol–water partition coefficient (Wildman–Crippen LogP) is 9.34. The minimum atomic E-state index is -0.518. The molecule has 41 heavy (non-hydrogen) atoms. The number of hydrogen-bond acceptors (Lipinski definition) is 4. The van der Waals surface area contributed by atoms with Crippen LogP contribution in [0.25, 0.3) is 0 Å². The Morgan fingerprint density at radius 3 is 2.46 bits per heavy atom. The lowest BCUT2D eigenvalue weighted by Gasteiger charge is -2.58. The molecule has 0 saturated heterocycles. The maximum atomic E-state index is 12.9. The van der Waals surface area contributed by atoms with E-state index in [4.69, 9.17) is 9.47 Å². The van der Waals surface area contributed by atoms with Crippen molar-refractivity contribution in [1.29, 1.82) is 0 Å². The Hall–Kier alpha value is -2.36. The van der Waals surface area contributed by atoms with Gasteiger partial charge in [-0.2, -0.15) is 0 Å². The Bertz CT molecular complexity index is 1150. The summed E-state index contributed by atoms with van der Waals surface area (Å²) in [6, 6.07) is 6.56. The van der Waals surface area contributed by atoms with Crippen LogP contribution in [0.1, 0.15) is 116 Å². The van der Waals surface area contributed by atoms with E-state index in [0.29, 0.717) is 16.7 Å². The number of ether oxygens (including phenoxy) is 2. The number of hydrogen-bond donors (Lipinski definition) is 0. The van der Waals surface area contributed by atoms with E-state index in [0.717, 1.165) is 60.8 Å². The zero-order valence-corrected chi connectivity index (χ0v) is 26.1. The normalized spacial score (nSPS) is 35.0. The second-order valence-corrected chi connectivity index (χ2v) is 14.7. The van der Waals surface area contributed by atoms with Crippen LogP contribution in [0.15, 0.2) is 48.6 Å². The van der Waals surface area contributed by atoms with E-state index in [1.165, 1.54) is 56.9 Å². The van der Waals surface area contributed by atoms with Crippen LogP contribution in [0, 0.1) is 46.3 Å². The fourth-order valence-electron chi connectivity index (χ4n) is 9.79. The molecule has 1 aromatic rings. The van der Waals surface area contributed by atoms with Crippen LogP contribution in [-0.4, -0.2) is 18.0 Å². The standard InChI is InChI=1S/C37H52O4/c1-7-34(38)40-28-14-11-26(12-15-28)35(39)41-29-19-21-36(5)27(23-29)13-16-30-32-18-17-31(25(4)10-8-9-24(2)3)37(32,6)22-20-33(30)36/h7,11-15,24-25,29-33H,1,8-10,16-23H2,2-6H3/t25-,29+,30+,31-,32+,33+,36+,37-/m1/s1. The molecule has 0 bridgehead atoms. The Balaban J connectivity index is 1.21. The van der Waals surface area contributed by atoms with Gasteiger partial charge >= 0.3 is 11.9 Å². The molecule has 1 aromatic carbocycles. The minimum Gasteiger partial charge on any atom is -0.458 e. The zero-order chi connectivity index (χ0) is 29.4. The molecule has 8 atom stereocenters. The molecule has 0 radical (unpaired) electrons. The zero-order valence-electron chi connectivity index (χ0n) is 26.1. The maximum absolute atomic E-state index is 12.9. The molecule has 0 aromatic heterocycles. The number of carbonyl (C=O) groups is 2. The molecule has 4 nitrogen and oxygen atoms in total. The molecule has 4 heteroatoms. The molecular weight excluding hydrogens is 508 g/mol. The molecule has 5 rings (SSSR count). The summed E-state index contributed by atoms with van der Waals surface area (Å²) in [6.07, 6.45) is 17.4. The van der Waals surface area contributed by atoms with Crippen LogP contribution in [0.4, 0.5) is 0 Å². The molecule has 3 saturated carbocycles. The second-order valence-electron chi connectivity index (χ2n) is 14.7. The Morgan fingerprint density at radius 1 is 1.00 bits per heavy atom. The number of rotatable bonds is 9. The van der Waals surface area contributed by atoms with E-state index in [-0.39, 0.29) is 17.5 Å². The van der Waals surface area contributed by atoms with Crippen LogP contribution >= 0.6 is 0 Å². The lowest BCUT2D eigenvalue weighted by atomic mass is 9.47. The minimum absolute atomic E-state index is 0.0759. The van der Waals surface area contributed by atoms with Gasteiger partial charge in [-0.3, -0.25) is 0 Å². The van der Waals surface area contributed by atoms with Crippen molar-refractivity contribution in [2.75, 3.05) is 0 Å². The highest BCUT2D eigenvalue weighted by molar-refractivity contribution is 5.90. The van der Waals surface area contributed by atoms with Crippen LogP contribution in [0.5, 0.6) is 5.75 Å². The average Bonchev–Trinajstić information content (AvgIpc) is 3.30. The monoisotopic (exact) mass is 560 g/mol. The van der Waals surface area contributed by atoms with Gasteiger partial charge in [-0.25, -0.2) is 9.59 Å². The molecule has 0 N–H and O–H groups in total. The quantitative estimate of drug-likeness (QED) is 0.131.